The van der Waals surface area contributed by atoms with Crippen molar-refractivity contribution in [2.24, 2.45) is 0 Å². The van der Waals surface area contributed by atoms with Gasteiger partial charge in [0.05, 0.1) is 17.8 Å². The highest BCUT2D eigenvalue weighted by Crippen LogP contribution is 2.40. The summed E-state index contributed by atoms with van der Waals surface area (Å²) >= 11 is 0. The summed E-state index contributed by atoms with van der Waals surface area (Å²) in [6.07, 6.45) is -6.42. The Labute approximate surface area is 205 Å². The van der Waals surface area contributed by atoms with E-state index >= 15 is 0 Å². The Hall–Kier alpha value is -4.22. The van der Waals surface area contributed by atoms with Gasteiger partial charge in [-0.2, -0.15) is 18.3 Å². The molecule has 1 aliphatic rings. The quantitative estimate of drug-likeness (QED) is 0.258. The van der Waals surface area contributed by atoms with Crippen LogP contribution in [0.3, 0.4) is 0 Å². The number of carbonyl (C=O) groups excluding carboxylic acids is 1. The predicted octanol–water partition coefficient (Wildman–Crippen LogP) is 5.93. The molecule has 0 unspecified atom stereocenters. The van der Waals surface area contributed by atoms with Crippen LogP contribution in [0.2, 0.25) is 0 Å². The van der Waals surface area contributed by atoms with Gasteiger partial charge < -0.3 is 15.1 Å². The first-order chi connectivity index (χ1) is 17.5. The fourth-order valence-corrected chi connectivity index (χ4v) is 4.39. The Morgan fingerprint density at radius 1 is 1.16 bits per heavy atom. The lowest BCUT2D eigenvalue weighted by atomic mass is 9.96. The highest BCUT2D eigenvalue weighted by Gasteiger charge is 2.37. The van der Waals surface area contributed by atoms with Gasteiger partial charge in [-0.15, -0.1) is 0 Å². The van der Waals surface area contributed by atoms with Crippen molar-refractivity contribution in [2.75, 3.05) is 10.6 Å². The summed E-state index contributed by atoms with van der Waals surface area (Å²) in [5, 5.41) is 9.15. The second kappa shape index (κ2) is 9.02. The number of hydrogen-bond donors (Lipinski definition) is 2. The minimum Gasteiger partial charge on any atom is -0.423 e. The van der Waals surface area contributed by atoms with Gasteiger partial charge in [0.2, 0.25) is 0 Å². The Morgan fingerprint density at radius 2 is 1.89 bits per heavy atom. The van der Waals surface area contributed by atoms with Gasteiger partial charge in [-0.3, -0.25) is 4.79 Å². The van der Waals surface area contributed by atoms with Crippen LogP contribution in [0.25, 0.3) is 11.0 Å². The Balaban J connectivity index is 1.48. The minimum absolute atomic E-state index is 0.0203. The topological polar surface area (TPSA) is 89.2 Å². The van der Waals surface area contributed by atoms with Gasteiger partial charge >= 0.3 is 11.8 Å². The third kappa shape index (κ3) is 4.66. The number of halogens is 5. The summed E-state index contributed by atoms with van der Waals surface area (Å²) in [6, 6.07) is 9.28. The maximum absolute atomic E-state index is 13.9. The van der Waals surface area contributed by atoms with Gasteiger partial charge in [0.1, 0.15) is 23.0 Å². The molecule has 1 aliphatic heterocycles. The number of rotatable bonds is 4. The molecule has 0 radical (unpaired) electrons. The molecule has 2 aromatic heterocycles. The van der Waals surface area contributed by atoms with Gasteiger partial charge in [-0.1, -0.05) is 29.8 Å². The lowest BCUT2D eigenvalue weighted by Crippen LogP contribution is -2.31. The number of aromatic nitrogens is 2. The minimum atomic E-state index is -4.83. The average Bonchev–Trinajstić information content (AvgIpc) is 3.27. The van der Waals surface area contributed by atoms with Gasteiger partial charge in [0.25, 0.3) is 12.3 Å². The zero-order valence-electron chi connectivity index (χ0n) is 19.1. The molecular formula is C25H19F5N4O3. The summed E-state index contributed by atoms with van der Waals surface area (Å²) in [6.45, 7) is 1.90. The van der Waals surface area contributed by atoms with E-state index in [4.69, 9.17) is 4.42 Å². The third-order valence-electron chi connectivity index (χ3n) is 6.22. The first kappa shape index (κ1) is 24.5. The molecule has 1 amide bonds. The molecule has 2 atom stereocenters. The standard InChI is InChI=1S/C25H19F5N4O3/c1-12-2-4-13(5-3-12)18-10-19(22(26)27)34-23(33-18)16(11-31-34)24(36)32-14-6-7-20-15(8-14)17(25(28,29)30)9-21(35)37-20/h2-9,11,18-19,22,33H,10H2,1H3,(H,32,36)/t18-,19-/m0/s1. The molecule has 0 fully saturated rings. The summed E-state index contributed by atoms with van der Waals surface area (Å²) in [7, 11) is 0. The Kier molecular flexibility index (Phi) is 5.97. The SMILES string of the molecule is Cc1ccc([C@@H]2C[C@@H](C(F)F)n3ncc(C(=O)Nc4ccc5oc(=O)cc(C(F)(F)F)c5c4)c3N2)cc1. The Bertz CT molecular complexity index is 1540. The predicted molar refractivity (Wildman–Crippen MR) is 125 cm³/mol. The van der Waals surface area contributed by atoms with Crippen molar-refractivity contribution >= 4 is 28.4 Å². The first-order valence-electron chi connectivity index (χ1n) is 11.2. The monoisotopic (exact) mass is 518 g/mol. The third-order valence-corrected chi connectivity index (χ3v) is 6.22. The van der Waals surface area contributed by atoms with Crippen LogP contribution in [0.1, 0.15) is 45.6 Å². The van der Waals surface area contributed by atoms with Crippen molar-refractivity contribution < 1.29 is 31.2 Å². The largest absolute Gasteiger partial charge is 0.423 e. The highest BCUT2D eigenvalue weighted by molar-refractivity contribution is 6.08. The normalized spacial score (nSPS) is 17.5. The van der Waals surface area contributed by atoms with Crippen molar-refractivity contribution in [1.82, 2.24) is 9.78 Å². The number of amides is 1. The van der Waals surface area contributed by atoms with E-state index in [2.05, 4.69) is 15.7 Å². The second-order valence-electron chi connectivity index (χ2n) is 8.74. The van der Waals surface area contributed by atoms with Crippen LogP contribution >= 0.6 is 0 Å². The molecule has 0 saturated carbocycles. The average molecular weight is 518 g/mol. The van der Waals surface area contributed by atoms with Crippen LogP contribution in [0.5, 0.6) is 0 Å². The zero-order valence-corrected chi connectivity index (χ0v) is 19.1. The summed E-state index contributed by atoms with van der Waals surface area (Å²) < 4.78 is 74.1. The fraction of sp³-hybridized carbons (Fsp3) is 0.240. The van der Waals surface area contributed by atoms with Crippen molar-refractivity contribution in [2.45, 2.75) is 38.0 Å². The zero-order chi connectivity index (χ0) is 26.5. The molecule has 7 nitrogen and oxygen atoms in total. The lowest BCUT2D eigenvalue weighted by Gasteiger charge is -2.32. The highest BCUT2D eigenvalue weighted by atomic mass is 19.4. The van der Waals surface area contributed by atoms with E-state index < -0.39 is 47.2 Å². The second-order valence-corrected chi connectivity index (χ2v) is 8.74. The number of nitrogens with one attached hydrogen (secondary N) is 2. The van der Waals surface area contributed by atoms with Crippen LogP contribution < -0.4 is 16.3 Å². The fourth-order valence-electron chi connectivity index (χ4n) is 4.39. The van der Waals surface area contributed by atoms with Crippen molar-refractivity contribution in [3.8, 4) is 0 Å². The number of hydrogen-bond acceptors (Lipinski definition) is 5. The van der Waals surface area contributed by atoms with E-state index in [1.54, 1.807) is 0 Å². The molecule has 5 rings (SSSR count). The van der Waals surface area contributed by atoms with Crippen LogP contribution in [-0.2, 0) is 6.18 Å². The van der Waals surface area contributed by atoms with Crippen LogP contribution in [0.4, 0.5) is 33.5 Å². The van der Waals surface area contributed by atoms with Crippen molar-refractivity contribution in [1.29, 1.82) is 0 Å². The maximum Gasteiger partial charge on any atom is 0.417 e. The van der Waals surface area contributed by atoms with E-state index in [9.17, 15) is 31.5 Å². The smallest absolute Gasteiger partial charge is 0.417 e. The molecule has 0 bridgehead atoms. The maximum atomic E-state index is 13.9. The molecule has 0 spiro atoms. The lowest BCUT2D eigenvalue weighted by molar-refractivity contribution is -0.136. The molecular weight excluding hydrogens is 499 g/mol. The van der Waals surface area contributed by atoms with Crippen molar-refractivity contribution in [3.63, 3.8) is 0 Å². The number of nitrogens with zero attached hydrogens (tertiary/aromatic N) is 2. The van der Waals surface area contributed by atoms with Gasteiger partial charge in [0, 0.05) is 17.1 Å². The molecule has 3 heterocycles. The van der Waals surface area contributed by atoms with Crippen LogP contribution in [0, 0.1) is 6.92 Å². The van der Waals surface area contributed by atoms with Gasteiger partial charge in [-0.25, -0.2) is 18.3 Å². The van der Waals surface area contributed by atoms with E-state index in [1.807, 2.05) is 31.2 Å². The number of fused-ring (bicyclic) bond motifs is 2. The van der Waals surface area contributed by atoms with Crippen molar-refractivity contribution in [3.05, 3.63) is 87.4 Å². The summed E-state index contributed by atoms with van der Waals surface area (Å²) in [5.41, 5.74) is -0.996. The summed E-state index contributed by atoms with van der Waals surface area (Å²) in [4.78, 5) is 24.6. The number of benzene rings is 2. The molecule has 12 heteroatoms. The molecule has 37 heavy (non-hydrogen) atoms. The number of alkyl halides is 5. The Morgan fingerprint density at radius 3 is 2.57 bits per heavy atom. The molecule has 4 aromatic rings. The molecule has 0 saturated heterocycles. The number of carbonyl (C=O) groups is 1. The molecule has 2 aromatic carbocycles. The van der Waals surface area contributed by atoms with E-state index in [-0.39, 0.29) is 29.1 Å². The first-order valence-corrected chi connectivity index (χ1v) is 11.2. The molecule has 192 valence electrons. The van der Waals surface area contributed by atoms with E-state index in [0.717, 1.165) is 34.1 Å². The molecule has 0 aliphatic carbocycles. The summed E-state index contributed by atoms with van der Waals surface area (Å²) in [5.74, 6) is -0.695. The number of aryl methyl sites for hydroxylation is 1. The van der Waals surface area contributed by atoms with Crippen LogP contribution in [0.15, 0.2) is 63.9 Å². The van der Waals surface area contributed by atoms with Crippen LogP contribution in [-0.4, -0.2) is 22.1 Å². The van der Waals surface area contributed by atoms with E-state index in [0.29, 0.717) is 6.07 Å². The molecule has 2 N–H and O–H groups in total. The van der Waals surface area contributed by atoms with Gasteiger partial charge in [-0.05, 0) is 37.1 Å². The van der Waals surface area contributed by atoms with Gasteiger partial charge in [0.15, 0.2) is 0 Å². The van der Waals surface area contributed by atoms with E-state index in [1.165, 1.54) is 6.07 Å². The number of anilines is 2.